The molecule has 1 heterocycles. The standard InChI is InChI=1S/C8H16F2N2/c1-5-3-4-6(8(2,9)10)12-7(5)11/h5-7,12H,3-4,11H2,1-2H3. The molecule has 0 radical (unpaired) electrons. The van der Waals surface area contributed by atoms with E-state index in [1.807, 2.05) is 6.92 Å². The third-order valence-electron chi connectivity index (χ3n) is 2.53. The van der Waals surface area contributed by atoms with Crippen molar-refractivity contribution < 1.29 is 8.78 Å². The zero-order chi connectivity index (χ0) is 9.35. The quantitative estimate of drug-likeness (QED) is 0.635. The van der Waals surface area contributed by atoms with Crippen LogP contribution in [0.25, 0.3) is 0 Å². The lowest BCUT2D eigenvalue weighted by Gasteiger charge is -2.36. The number of nitrogens with two attached hydrogens (primary N) is 1. The van der Waals surface area contributed by atoms with Crippen molar-refractivity contribution in [2.24, 2.45) is 11.7 Å². The van der Waals surface area contributed by atoms with Crippen LogP contribution in [0.1, 0.15) is 26.7 Å². The minimum Gasteiger partial charge on any atom is -0.316 e. The molecule has 0 amide bonds. The smallest absolute Gasteiger partial charge is 0.260 e. The van der Waals surface area contributed by atoms with E-state index in [2.05, 4.69) is 5.32 Å². The zero-order valence-electron chi connectivity index (χ0n) is 7.48. The largest absolute Gasteiger partial charge is 0.316 e. The first-order chi connectivity index (χ1) is 5.41. The summed E-state index contributed by atoms with van der Waals surface area (Å²) in [5.41, 5.74) is 5.62. The molecule has 0 aromatic carbocycles. The molecule has 0 spiro atoms. The van der Waals surface area contributed by atoms with Gasteiger partial charge in [-0.05, 0) is 18.8 Å². The van der Waals surface area contributed by atoms with Crippen molar-refractivity contribution in [2.45, 2.75) is 44.8 Å². The van der Waals surface area contributed by atoms with Gasteiger partial charge in [0.1, 0.15) is 0 Å². The number of halogens is 2. The van der Waals surface area contributed by atoms with E-state index in [9.17, 15) is 8.78 Å². The van der Waals surface area contributed by atoms with E-state index in [0.29, 0.717) is 12.3 Å². The van der Waals surface area contributed by atoms with Crippen LogP contribution in [0.2, 0.25) is 0 Å². The Labute approximate surface area is 71.5 Å². The van der Waals surface area contributed by atoms with Gasteiger partial charge in [0.05, 0.1) is 12.2 Å². The van der Waals surface area contributed by atoms with Crippen LogP contribution >= 0.6 is 0 Å². The molecule has 0 saturated carbocycles. The van der Waals surface area contributed by atoms with Gasteiger partial charge in [0.2, 0.25) is 0 Å². The molecule has 3 atom stereocenters. The highest BCUT2D eigenvalue weighted by atomic mass is 19.3. The monoisotopic (exact) mass is 178 g/mol. The van der Waals surface area contributed by atoms with Crippen molar-refractivity contribution in [1.29, 1.82) is 0 Å². The van der Waals surface area contributed by atoms with Crippen molar-refractivity contribution in [3.63, 3.8) is 0 Å². The van der Waals surface area contributed by atoms with Gasteiger partial charge >= 0.3 is 0 Å². The number of alkyl halides is 2. The summed E-state index contributed by atoms with van der Waals surface area (Å²) in [4.78, 5) is 0. The highest BCUT2D eigenvalue weighted by molar-refractivity contribution is 4.87. The van der Waals surface area contributed by atoms with E-state index in [-0.39, 0.29) is 6.17 Å². The molecule has 1 rings (SSSR count). The molecular weight excluding hydrogens is 162 g/mol. The first-order valence-corrected chi connectivity index (χ1v) is 4.30. The molecule has 0 aromatic rings. The highest BCUT2D eigenvalue weighted by Crippen LogP contribution is 2.27. The van der Waals surface area contributed by atoms with Crippen LogP contribution in [0.5, 0.6) is 0 Å². The summed E-state index contributed by atoms with van der Waals surface area (Å²) in [5, 5.41) is 2.73. The maximum Gasteiger partial charge on any atom is 0.260 e. The van der Waals surface area contributed by atoms with Gasteiger partial charge in [-0.1, -0.05) is 6.92 Å². The van der Waals surface area contributed by atoms with Gasteiger partial charge in [-0.2, -0.15) is 0 Å². The van der Waals surface area contributed by atoms with Gasteiger partial charge in [-0.3, -0.25) is 5.32 Å². The topological polar surface area (TPSA) is 38.0 Å². The summed E-state index contributed by atoms with van der Waals surface area (Å²) in [7, 11) is 0. The fraction of sp³-hybridized carbons (Fsp3) is 1.00. The Morgan fingerprint density at radius 3 is 2.42 bits per heavy atom. The second-order valence-corrected chi connectivity index (χ2v) is 3.76. The molecule has 1 aliphatic rings. The Hall–Kier alpha value is -0.220. The van der Waals surface area contributed by atoms with Crippen LogP contribution in [0.15, 0.2) is 0 Å². The number of hydrogen-bond donors (Lipinski definition) is 2. The number of piperidine rings is 1. The van der Waals surface area contributed by atoms with Crippen molar-refractivity contribution in [3.8, 4) is 0 Å². The lowest BCUT2D eigenvalue weighted by atomic mass is 9.91. The average Bonchev–Trinajstić information content (AvgIpc) is 1.92. The second-order valence-electron chi connectivity index (χ2n) is 3.76. The Balaban J connectivity index is 2.51. The van der Waals surface area contributed by atoms with Crippen molar-refractivity contribution >= 4 is 0 Å². The minimum atomic E-state index is -2.66. The molecule has 2 nitrogen and oxygen atoms in total. The number of rotatable bonds is 1. The Morgan fingerprint density at radius 1 is 1.42 bits per heavy atom. The maximum atomic E-state index is 12.8. The molecule has 0 aliphatic carbocycles. The van der Waals surface area contributed by atoms with Gasteiger partial charge in [0.15, 0.2) is 0 Å². The van der Waals surface area contributed by atoms with Gasteiger partial charge < -0.3 is 5.73 Å². The fourth-order valence-corrected chi connectivity index (χ4v) is 1.49. The summed E-state index contributed by atoms with van der Waals surface area (Å²) in [6, 6.07) is -0.747. The summed E-state index contributed by atoms with van der Waals surface area (Å²) >= 11 is 0. The first kappa shape index (κ1) is 9.86. The van der Waals surface area contributed by atoms with Crippen LogP contribution in [-0.4, -0.2) is 18.1 Å². The molecule has 0 aromatic heterocycles. The first-order valence-electron chi connectivity index (χ1n) is 4.30. The number of hydrogen-bond acceptors (Lipinski definition) is 2. The van der Waals surface area contributed by atoms with Crippen LogP contribution in [0.3, 0.4) is 0 Å². The molecule has 1 saturated heterocycles. The molecule has 3 N–H and O–H groups in total. The lowest BCUT2D eigenvalue weighted by molar-refractivity contribution is -0.0377. The van der Waals surface area contributed by atoms with Gasteiger partial charge in [-0.15, -0.1) is 0 Å². The molecule has 1 fully saturated rings. The summed E-state index contributed by atoms with van der Waals surface area (Å²) < 4.78 is 25.6. The average molecular weight is 178 g/mol. The van der Waals surface area contributed by atoms with E-state index in [4.69, 9.17) is 5.73 Å². The Kier molecular flexibility index (Phi) is 2.68. The molecule has 12 heavy (non-hydrogen) atoms. The third kappa shape index (κ3) is 2.14. The van der Waals surface area contributed by atoms with E-state index >= 15 is 0 Å². The molecule has 72 valence electrons. The number of nitrogens with one attached hydrogen (secondary N) is 1. The molecule has 3 unspecified atom stereocenters. The van der Waals surface area contributed by atoms with Crippen molar-refractivity contribution in [2.75, 3.05) is 0 Å². The summed E-state index contributed by atoms with van der Waals surface area (Å²) in [6.07, 6.45) is 1.01. The van der Waals surface area contributed by atoms with Crippen LogP contribution < -0.4 is 11.1 Å². The van der Waals surface area contributed by atoms with Crippen LogP contribution in [0, 0.1) is 5.92 Å². The lowest BCUT2D eigenvalue weighted by Crippen LogP contribution is -2.57. The molecule has 4 heteroatoms. The SMILES string of the molecule is CC1CCC(C(C)(F)F)NC1N. The fourth-order valence-electron chi connectivity index (χ4n) is 1.49. The molecule has 1 aliphatic heterocycles. The van der Waals surface area contributed by atoms with Gasteiger partial charge in [-0.25, -0.2) is 8.78 Å². The van der Waals surface area contributed by atoms with Crippen LogP contribution in [0.4, 0.5) is 8.78 Å². The second kappa shape index (κ2) is 3.26. The van der Waals surface area contributed by atoms with E-state index < -0.39 is 12.0 Å². The predicted molar refractivity (Wildman–Crippen MR) is 43.9 cm³/mol. The Morgan fingerprint density at radius 2 is 2.00 bits per heavy atom. The van der Waals surface area contributed by atoms with Gasteiger partial charge in [0.25, 0.3) is 5.92 Å². The van der Waals surface area contributed by atoms with E-state index in [1.165, 1.54) is 0 Å². The summed E-state index contributed by atoms with van der Waals surface area (Å²) in [6.45, 7) is 2.91. The molecular formula is C8H16F2N2. The zero-order valence-corrected chi connectivity index (χ0v) is 7.48. The normalized spacial score (nSPS) is 38.2. The van der Waals surface area contributed by atoms with E-state index in [1.54, 1.807) is 0 Å². The highest BCUT2D eigenvalue weighted by Gasteiger charge is 2.38. The maximum absolute atomic E-state index is 12.8. The van der Waals surface area contributed by atoms with Gasteiger partial charge in [0, 0.05) is 6.92 Å². The third-order valence-corrected chi connectivity index (χ3v) is 2.53. The summed E-state index contributed by atoms with van der Waals surface area (Å²) in [5.74, 6) is -2.36. The minimum absolute atomic E-state index is 0.283. The molecule has 0 bridgehead atoms. The van der Waals surface area contributed by atoms with Crippen LogP contribution in [-0.2, 0) is 0 Å². The van der Waals surface area contributed by atoms with E-state index in [0.717, 1.165) is 13.3 Å². The Bertz CT molecular complexity index is 156. The van der Waals surface area contributed by atoms with Crippen molar-refractivity contribution in [3.05, 3.63) is 0 Å². The predicted octanol–water partition coefficient (Wildman–Crippen LogP) is 1.31. The van der Waals surface area contributed by atoms with Crippen molar-refractivity contribution in [1.82, 2.24) is 5.32 Å².